The second-order valence-corrected chi connectivity index (χ2v) is 8.39. The molecular weight excluding hydrogens is 328 g/mol. The number of carbonyl (C=O) groups excluding carboxylic acids is 2. The van der Waals surface area contributed by atoms with Crippen LogP contribution >= 0.6 is 0 Å². The van der Waals surface area contributed by atoms with Gasteiger partial charge in [-0.25, -0.2) is 0 Å². The van der Waals surface area contributed by atoms with Crippen LogP contribution in [0.25, 0.3) is 0 Å². The van der Waals surface area contributed by atoms with Crippen molar-refractivity contribution in [1.82, 2.24) is 0 Å². The Morgan fingerprint density at radius 2 is 2.12 bits per heavy atom. The molecule has 26 heavy (non-hydrogen) atoms. The first-order valence-corrected chi connectivity index (χ1v) is 9.60. The lowest BCUT2D eigenvalue weighted by atomic mass is 9.50. The normalized spacial score (nSPS) is 42.3. The number of benzene rings is 1. The van der Waals surface area contributed by atoms with Crippen molar-refractivity contribution in [1.29, 1.82) is 0 Å². The van der Waals surface area contributed by atoms with Crippen molar-refractivity contribution in [3.63, 3.8) is 0 Å². The minimum atomic E-state index is -1.21. The summed E-state index contributed by atoms with van der Waals surface area (Å²) >= 11 is 0. The summed E-state index contributed by atoms with van der Waals surface area (Å²) in [5.74, 6) is -0.258. The lowest BCUT2D eigenvalue weighted by Gasteiger charge is -2.50. The molecule has 1 aromatic carbocycles. The number of fused-ring (bicyclic) bond motifs is 6. The zero-order valence-corrected chi connectivity index (χ0v) is 15.1. The van der Waals surface area contributed by atoms with E-state index in [4.69, 9.17) is 9.47 Å². The van der Waals surface area contributed by atoms with Gasteiger partial charge in [-0.1, -0.05) is 30.3 Å². The molecule has 0 radical (unpaired) electrons. The monoisotopic (exact) mass is 352 g/mol. The highest BCUT2D eigenvalue weighted by atomic mass is 16.6. The molecule has 0 unspecified atom stereocenters. The van der Waals surface area contributed by atoms with Gasteiger partial charge in [-0.2, -0.15) is 0 Å². The maximum atomic E-state index is 13.3. The van der Waals surface area contributed by atoms with E-state index >= 15 is 0 Å². The number of carbonyl (C=O) groups is 2. The molecule has 0 aromatic heterocycles. The smallest absolute Gasteiger partial charge is 0.324 e. The van der Waals surface area contributed by atoms with E-state index in [1.165, 1.54) is 12.7 Å². The molecule has 1 spiro atoms. The van der Waals surface area contributed by atoms with E-state index in [-0.39, 0.29) is 23.7 Å². The topological polar surface area (TPSA) is 52.6 Å². The molecule has 1 aliphatic heterocycles. The molecule has 3 aliphatic carbocycles. The maximum Gasteiger partial charge on any atom is 0.324 e. The molecule has 1 heterocycles. The van der Waals surface area contributed by atoms with Crippen LogP contribution in [0.3, 0.4) is 0 Å². The molecule has 6 atom stereocenters. The number of methoxy groups -OCH3 is 1. The molecule has 4 nitrogen and oxygen atoms in total. The molecule has 4 heteroatoms. The van der Waals surface area contributed by atoms with Gasteiger partial charge in [0.05, 0.1) is 7.11 Å². The second kappa shape index (κ2) is 5.21. The fourth-order valence-electron chi connectivity index (χ4n) is 6.79. The molecule has 136 valence electrons. The van der Waals surface area contributed by atoms with Crippen LogP contribution in [-0.2, 0) is 25.5 Å². The number of aryl methyl sites for hydroxylation is 1. The van der Waals surface area contributed by atoms with Crippen LogP contribution in [0, 0.1) is 23.2 Å². The summed E-state index contributed by atoms with van der Waals surface area (Å²) in [5.41, 5.74) is 0.615. The summed E-state index contributed by atoms with van der Waals surface area (Å²) < 4.78 is 11.3. The first-order chi connectivity index (χ1) is 12.6. The number of hydrogen-bond donors (Lipinski definition) is 0. The molecule has 4 aliphatic rings. The Hall–Kier alpha value is -2.10. The third kappa shape index (κ3) is 1.66. The zero-order valence-electron chi connectivity index (χ0n) is 15.1. The Morgan fingerprint density at radius 1 is 1.31 bits per heavy atom. The average Bonchev–Trinajstić information content (AvgIpc) is 3.16. The van der Waals surface area contributed by atoms with E-state index < -0.39 is 17.0 Å². The lowest BCUT2D eigenvalue weighted by molar-refractivity contribution is -0.165. The Balaban J connectivity index is 1.76. The second-order valence-electron chi connectivity index (χ2n) is 8.39. The highest BCUT2D eigenvalue weighted by Crippen LogP contribution is 2.70. The minimum Gasteiger partial charge on any atom is -0.468 e. The van der Waals surface area contributed by atoms with E-state index in [0.717, 1.165) is 31.2 Å². The van der Waals surface area contributed by atoms with Crippen LogP contribution in [0.5, 0.6) is 0 Å². The predicted octanol–water partition coefficient (Wildman–Crippen LogP) is 3.40. The predicted molar refractivity (Wildman–Crippen MR) is 95.3 cm³/mol. The molecule has 0 N–H and O–H groups in total. The summed E-state index contributed by atoms with van der Waals surface area (Å²) in [6.45, 7) is 3.99. The standard InChI is InChI=1S/C22H24O4/c1-3-14-9-11-17-16-10-8-13-6-4-5-7-15(13)18(16)21(19(23)25-2)12-22(14,17)26-20(21)24/h3-7,14,16-18H,1,8-12H2,2H3/t14-,16+,17+,18-,21-,22-/m1/s1. The van der Waals surface area contributed by atoms with Gasteiger partial charge in [0, 0.05) is 24.2 Å². The molecule has 1 aromatic rings. The largest absolute Gasteiger partial charge is 0.468 e. The van der Waals surface area contributed by atoms with Gasteiger partial charge in [0.1, 0.15) is 5.60 Å². The molecule has 5 rings (SSSR count). The Labute approximate surface area is 153 Å². The van der Waals surface area contributed by atoms with Gasteiger partial charge in [0.2, 0.25) is 0 Å². The van der Waals surface area contributed by atoms with E-state index in [1.807, 2.05) is 18.2 Å². The number of rotatable bonds is 2. The van der Waals surface area contributed by atoms with Crippen LogP contribution in [0.15, 0.2) is 36.9 Å². The van der Waals surface area contributed by atoms with Crippen LogP contribution in [0.4, 0.5) is 0 Å². The van der Waals surface area contributed by atoms with E-state index in [2.05, 4.69) is 18.7 Å². The van der Waals surface area contributed by atoms with Crippen LogP contribution in [0.1, 0.15) is 42.7 Å². The minimum absolute atomic E-state index is 0.126. The first kappa shape index (κ1) is 16.1. The molecule has 1 saturated heterocycles. The third-order valence-electron chi connectivity index (χ3n) is 7.69. The van der Waals surface area contributed by atoms with Crippen molar-refractivity contribution in [2.75, 3.05) is 7.11 Å². The number of hydrogen-bond acceptors (Lipinski definition) is 4. The van der Waals surface area contributed by atoms with E-state index in [9.17, 15) is 9.59 Å². The van der Waals surface area contributed by atoms with E-state index in [1.54, 1.807) is 0 Å². The SMILES string of the molecule is C=C[C@@H]1CC[C@H]2[C@@H]3CCc4ccccc4[C@H]3[C@@]3(C(=O)OC)C[C@@]12OC3=O. The molecular formula is C22H24O4. The number of esters is 2. The van der Waals surface area contributed by atoms with Gasteiger partial charge in [0.25, 0.3) is 0 Å². The van der Waals surface area contributed by atoms with Crippen LogP contribution < -0.4 is 0 Å². The van der Waals surface area contributed by atoms with Gasteiger partial charge in [-0.3, -0.25) is 9.59 Å². The average molecular weight is 352 g/mol. The Kier molecular flexibility index (Phi) is 3.23. The van der Waals surface area contributed by atoms with Gasteiger partial charge in [0.15, 0.2) is 5.41 Å². The van der Waals surface area contributed by atoms with Crippen molar-refractivity contribution >= 4 is 11.9 Å². The molecule has 0 amide bonds. The summed E-state index contributed by atoms with van der Waals surface area (Å²) in [7, 11) is 1.38. The Morgan fingerprint density at radius 3 is 2.88 bits per heavy atom. The molecule has 3 fully saturated rings. The maximum absolute atomic E-state index is 13.3. The quantitative estimate of drug-likeness (QED) is 0.465. The fraction of sp³-hybridized carbons (Fsp3) is 0.545. The van der Waals surface area contributed by atoms with Crippen molar-refractivity contribution in [3.05, 3.63) is 48.0 Å². The van der Waals surface area contributed by atoms with Gasteiger partial charge >= 0.3 is 11.9 Å². The highest BCUT2D eigenvalue weighted by molar-refractivity contribution is 6.03. The number of ether oxygens (including phenoxy) is 2. The summed E-state index contributed by atoms with van der Waals surface area (Å²) in [6, 6.07) is 8.26. The van der Waals surface area contributed by atoms with Crippen LogP contribution in [0.2, 0.25) is 0 Å². The highest BCUT2D eigenvalue weighted by Gasteiger charge is 2.76. The van der Waals surface area contributed by atoms with Crippen molar-refractivity contribution in [2.24, 2.45) is 23.2 Å². The van der Waals surface area contributed by atoms with Gasteiger partial charge < -0.3 is 9.47 Å². The van der Waals surface area contributed by atoms with Crippen molar-refractivity contribution in [2.45, 2.75) is 43.6 Å². The lowest BCUT2D eigenvalue weighted by Crippen LogP contribution is -2.55. The summed E-state index contributed by atoms with van der Waals surface area (Å²) in [6.07, 6.45) is 6.36. The van der Waals surface area contributed by atoms with Crippen molar-refractivity contribution < 1.29 is 19.1 Å². The molecule has 2 saturated carbocycles. The zero-order chi connectivity index (χ0) is 18.1. The Bertz CT molecular complexity index is 814. The summed E-state index contributed by atoms with van der Waals surface area (Å²) in [5, 5.41) is 0. The van der Waals surface area contributed by atoms with Crippen LogP contribution in [-0.4, -0.2) is 24.6 Å². The van der Waals surface area contributed by atoms with Gasteiger partial charge in [-0.15, -0.1) is 6.58 Å². The summed E-state index contributed by atoms with van der Waals surface area (Å²) in [4.78, 5) is 26.3. The first-order valence-electron chi connectivity index (χ1n) is 9.60. The molecule has 2 bridgehead atoms. The van der Waals surface area contributed by atoms with Gasteiger partial charge in [-0.05, 0) is 42.7 Å². The van der Waals surface area contributed by atoms with E-state index in [0.29, 0.717) is 12.3 Å². The third-order valence-corrected chi connectivity index (χ3v) is 7.69. The van der Waals surface area contributed by atoms with Crippen molar-refractivity contribution in [3.8, 4) is 0 Å². The fourth-order valence-corrected chi connectivity index (χ4v) is 6.79.